The highest BCUT2D eigenvalue weighted by Gasteiger charge is 2.23. The highest BCUT2D eigenvalue weighted by atomic mass is 79.9. The van der Waals surface area contributed by atoms with Crippen LogP contribution in [0.3, 0.4) is 0 Å². The van der Waals surface area contributed by atoms with Gasteiger partial charge in [-0.3, -0.25) is 0 Å². The number of halogens is 4. The molecule has 0 bridgehead atoms. The van der Waals surface area contributed by atoms with Crippen LogP contribution < -0.4 is 4.74 Å². The summed E-state index contributed by atoms with van der Waals surface area (Å²) in [5.41, 5.74) is 4.16. The molecule has 1 unspecified atom stereocenters. The molecule has 0 heterocycles. The van der Waals surface area contributed by atoms with E-state index in [0.29, 0.717) is 0 Å². The van der Waals surface area contributed by atoms with Gasteiger partial charge in [0.25, 0.3) is 0 Å². The molecule has 0 saturated heterocycles. The molecule has 0 spiro atoms. The quantitative estimate of drug-likeness (QED) is 0.418. The van der Waals surface area contributed by atoms with E-state index in [1.807, 2.05) is 32.0 Å². The lowest BCUT2D eigenvalue weighted by molar-refractivity contribution is 0.406. The van der Waals surface area contributed by atoms with Crippen molar-refractivity contribution >= 4 is 59.4 Å². The first-order chi connectivity index (χ1) is 9.86. The van der Waals surface area contributed by atoms with Crippen LogP contribution >= 0.6 is 59.4 Å². The standard InChI is InChI=1S/C16H14Br3ClO/c1-8-6-12(18)9(2)14(16(8)21-3)15(20)11-5-4-10(17)7-13(11)19/h4-7,15H,1-3H3. The van der Waals surface area contributed by atoms with Gasteiger partial charge in [0, 0.05) is 19.0 Å². The first-order valence-electron chi connectivity index (χ1n) is 6.29. The van der Waals surface area contributed by atoms with Crippen molar-refractivity contribution in [2.75, 3.05) is 7.11 Å². The molecule has 0 N–H and O–H groups in total. The fourth-order valence-corrected chi connectivity index (χ4v) is 4.73. The minimum absolute atomic E-state index is 0.293. The molecule has 0 radical (unpaired) electrons. The van der Waals surface area contributed by atoms with Crippen molar-refractivity contribution in [1.82, 2.24) is 0 Å². The molecule has 1 nitrogen and oxygen atoms in total. The Bertz CT molecular complexity index is 686. The number of alkyl halides is 1. The molecule has 0 fully saturated rings. The molecule has 0 aliphatic heterocycles. The van der Waals surface area contributed by atoms with Gasteiger partial charge in [-0.2, -0.15) is 0 Å². The molecule has 0 aromatic heterocycles. The monoisotopic (exact) mass is 494 g/mol. The molecular formula is C16H14Br3ClO. The van der Waals surface area contributed by atoms with Crippen molar-refractivity contribution in [2.45, 2.75) is 19.2 Å². The van der Waals surface area contributed by atoms with Gasteiger partial charge < -0.3 is 4.74 Å². The third-order valence-electron chi connectivity index (χ3n) is 3.40. The van der Waals surface area contributed by atoms with Gasteiger partial charge in [-0.1, -0.05) is 53.9 Å². The molecule has 0 saturated carbocycles. The van der Waals surface area contributed by atoms with Crippen LogP contribution in [0.2, 0.25) is 0 Å². The van der Waals surface area contributed by atoms with E-state index in [4.69, 9.17) is 16.3 Å². The first-order valence-corrected chi connectivity index (χ1v) is 9.11. The number of rotatable bonds is 3. The summed E-state index contributed by atoms with van der Waals surface area (Å²) < 4.78 is 8.60. The van der Waals surface area contributed by atoms with E-state index < -0.39 is 0 Å². The van der Waals surface area contributed by atoms with Crippen LogP contribution in [-0.2, 0) is 0 Å². The van der Waals surface area contributed by atoms with Gasteiger partial charge in [0.05, 0.1) is 12.5 Å². The van der Waals surface area contributed by atoms with E-state index in [1.54, 1.807) is 7.11 Å². The minimum Gasteiger partial charge on any atom is -0.496 e. The van der Waals surface area contributed by atoms with Crippen molar-refractivity contribution in [2.24, 2.45) is 0 Å². The SMILES string of the molecule is COc1c(C)cc(Br)c(C)c1C(Cl)c1ccc(Br)cc1Br. The van der Waals surface area contributed by atoms with Crippen molar-refractivity contribution in [3.05, 3.63) is 59.9 Å². The van der Waals surface area contributed by atoms with Crippen molar-refractivity contribution in [3.8, 4) is 5.75 Å². The summed E-state index contributed by atoms with van der Waals surface area (Å²) in [6, 6.07) is 8.05. The summed E-state index contributed by atoms with van der Waals surface area (Å²) in [5.74, 6) is 0.838. The van der Waals surface area contributed by atoms with E-state index in [0.717, 1.165) is 41.4 Å². The lowest BCUT2D eigenvalue weighted by atomic mass is 9.96. The third kappa shape index (κ3) is 3.49. The average molecular weight is 497 g/mol. The Morgan fingerprint density at radius 3 is 2.29 bits per heavy atom. The van der Waals surface area contributed by atoms with E-state index >= 15 is 0 Å². The van der Waals surface area contributed by atoms with Gasteiger partial charge in [0.15, 0.2) is 0 Å². The molecule has 0 amide bonds. The smallest absolute Gasteiger partial charge is 0.127 e. The Balaban J connectivity index is 2.65. The average Bonchev–Trinajstić information content (AvgIpc) is 2.41. The third-order valence-corrected chi connectivity index (χ3v) is 5.86. The second-order valence-corrected chi connectivity index (χ2v) is 7.84. The number of ether oxygens (including phenoxy) is 1. The van der Waals surface area contributed by atoms with E-state index in [1.165, 1.54) is 0 Å². The van der Waals surface area contributed by atoms with Crippen molar-refractivity contribution in [1.29, 1.82) is 0 Å². The number of hydrogen-bond donors (Lipinski definition) is 0. The second-order valence-electron chi connectivity index (χ2n) is 4.78. The normalized spacial score (nSPS) is 12.3. The van der Waals surface area contributed by atoms with Gasteiger partial charge in [-0.25, -0.2) is 0 Å². The lowest BCUT2D eigenvalue weighted by Gasteiger charge is -2.21. The molecule has 0 aliphatic rings. The maximum Gasteiger partial charge on any atom is 0.127 e. The zero-order valence-electron chi connectivity index (χ0n) is 11.8. The first kappa shape index (κ1) is 17.3. The van der Waals surface area contributed by atoms with Gasteiger partial charge in [0.2, 0.25) is 0 Å². The Labute approximate surface area is 155 Å². The molecule has 112 valence electrons. The van der Waals surface area contributed by atoms with Crippen LogP contribution in [0.25, 0.3) is 0 Å². The van der Waals surface area contributed by atoms with Gasteiger partial charge in [0.1, 0.15) is 5.75 Å². The molecule has 0 aliphatic carbocycles. The number of benzene rings is 2. The van der Waals surface area contributed by atoms with Crippen molar-refractivity contribution < 1.29 is 4.74 Å². The second kappa shape index (κ2) is 7.03. The van der Waals surface area contributed by atoms with Crippen LogP contribution in [0.4, 0.5) is 0 Å². The number of methoxy groups -OCH3 is 1. The Morgan fingerprint density at radius 2 is 1.71 bits per heavy atom. The van der Waals surface area contributed by atoms with Gasteiger partial charge in [-0.15, -0.1) is 11.6 Å². The number of hydrogen-bond acceptors (Lipinski definition) is 1. The van der Waals surface area contributed by atoms with Crippen molar-refractivity contribution in [3.63, 3.8) is 0 Å². The van der Waals surface area contributed by atoms with Crippen LogP contribution in [0.15, 0.2) is 37.7 Å². The molecule has 5 heteroatoms. The predicted octanol–water partition coefficient (Wildman–Crippen LogP) is 6.93. The molecule has 2 aromatic carbocycles. The molecule has 1 atom stereocenters. The largest absolute Gasteiger partial charge is 0.496 e. The summed E-state index contributed by atoms with van der Waals surface area (Å²) in [6.07, 6.45) is 0. The lowest BCUT2D eigenvalue weighted by Crippen LogP contribution is -2.03. The maximum absolute atomic E-state index is 6.78. The summed E-state index contributed by atoms with van der Waals surface area (Å²) in [7, 11) is 1.68. The predicted molar refractivity (Wildman–Crippen MR) is 99.7 cm³/mol. The van der Waals surface area contributed by atoms with Crippen LogP contribution in [0.1, 0.15) is 27.6 Å². The fraction of sp³-hybridized carbons (Fsp3) is 0.250. The van der Waals surface area contributed by atoms with E-state index in [2.05, 4.69) is 53.9 Å². The highest BCUT2D eigenvalue weighted by Crippen LogP contribution is 2.44. The van der Waals surface area contributed by atoms with E-state index in [9.17, 15) is 0 Å². The summed E-state index contributed by atoms with van der Waals surface area (Å²) in [5, 5.41) is -0.293. The van der Waals surface area contributed by atoms with Crippen LogP contribution in [0, 0.1) is 13.8 Å². The Kier molecular flexibility index (Phi) is 5.80. The summed E-state index contributed by atoms with van der Waals surface area (Å²) in [4.78, 5) is 0. The van der Waals surface area contributed by atoms with Gasteiger partial charge in [-0.05, 0) is 48.7 Å². The van der Waals surface area contributed by atoms with Crippen LogP contribution in [0.5, 0.6) is 5.75 Å². The molecule has 2 rings (SSSR count). The van der Waals surface area contributed by atoms with E-state index in [-0.39, 0.29) is 5.38 Å². The number of aryl methyl sites for hydroxylation is 1. The maximum atomic E-state index is 6.78. The fourth-order valence-electron chi connectivity index (χ4n) is 2.31. The topological polar surface area (TPSA) is 9.23 Å². The summed E-state index contributed by atoms with van der Waals surface area (Å²) in [6.45, 7) is 4.07. The highest BCUT2D eigenvalue weighted by molar-refractivity contribution is 9.11. The van der Waals surface area contributed by atoms with Gasteiger partial charge >= 0.3 is 0 Å². The zero-order valence-corrected chi connectivity index (χ0v) is 17.3. The molecule has 21 heavy (non-hydrogen) atoms. The summed E-state index contributed by atoms with van der Waals surface area (Å²) >= 11 is 17.4. The van der Waals surface area contributed by atoms with Crippen LogP contribution in [-0.4, -0.2) is 7.11 Å². The molecular weight excluding hydrogens is 483 g/mol. The Morgan fingerprint density at radius 1 is 1.05 bits per heavy atom. The molecule has 2 aromatic rings. The minimum atomic E-state index is -0.293. The Hall–Kier alpha value is -0.0300. The zero-order chi connectivity index (χ0) is 15.7.